The Morgan fingerprint density at radius 2 is 1.95 bits per heavy atom. The maximum absolute atomic E-state index is 12.2. The first-order valence-electron chi connectivity index (χ1n) is 7.04. The van der Waals surface area contributed by atoms with E-state index in [1.165, 1.54) is 4.90 Å². The van der Waals surface area contributed by atoms with Gasteiger partial charge in [0.1, 0.15) is 18.1 Å². The van der Waals surface area contributed by atoms with Crippen LogP contribution in [0.1, 0.15) is 43.9 Å². The second kappa shape index (κ2) is 7.15. The fraction of sp³-hybridized carbons (Fsp3) is 0.600. The lowest BCUT2D eigenvalue weighted by Crippen LogP contribution is -2.45. The Kier molecular flexibility index (Phi) is 5.81. The number of amides is 2. The number of furan rings is 1. The molecule has 6 nitrogen and oxygen atoms in total. The predicted molar refractivity (Wildman–Crippen MR) is 79.2 cm³/mol. The number of carboxylic acid groups (broad SMARTS) is 1. The summed E-state index contributed by atoms with van der Waals surface area (Å²) >= 11 is 0. The lowest BCUT2D eigenvalue weighted by atomic mass is 10.1. The summed E-state index contributed by atoms with van der Waals surface area (Å²) in [6.07, 6.45) is 0. The van der Waals surface area contributed by atoms with Crippen molar-refractivity contribution in [2.45, 2.75) is 40.7 Å². The average molecular weight is 296 g/mol. The molecule has 1 rings (SSSR count). The largest absolute Gasteiger partial charge is 0.480 e. The van der Waals surface area contributed by atoms with E-state index in [0.717, 1.165) is 17.1 Å². The minimum absolute atomic E-state index is 0.198. The van der Waals surface area contributed by atoms with Crippen molar-refractivity contribution in [2.24, 2.45) is 5.92 Å². The van der Waals surface area contributed by atoms with E-state index >= 15 is 0 Å². The lowest BCUT2D eigenvalue weighted by Gasteiger charge is -2.25. The maximum atomic E-state index is 12.2. The van der Waals surface area contributed by atoms with Crippen LogP contribution in [0.5, 0.6) is 0 Å². The van der Waals surface area contributed by atoms with Crippen LogP contribution in [0, 0.1) is 19.8 Å². The van der Waals surface area contributed by atoms with Crippen molar-refractivity contribution in [1.29, 1.82) is 0 Å². The molecule has 2 N–H and O–H groups in total. The zero-order valence-electron chi connectivity index (χ0n) is 13.3. The van der Waals surface area contributed by atoms with Gasteiger partial charge in [0.25, 0.3) is 0 Å². The zero-order valence-corrected chi connectivity index (χ0v) is 13.3. The van der Waals surface area contributed by atoms with Crippen molar-refractivity contribution in [3.8, 4) is 0 Å². The molecule has 0 aromatic carbocycles. The molecule has 1 atom stereocenters. The van der Waals surface area contributed by atoms with Crippen LogP contribution in [-0.4, -0.2) is 35.1 Å². The standard InChI is InChI=1S/C15H24N2O4/c1-9(2)7-17(8-14(18)19)15(20)16-11(4)13-6-10(3)21-12(13)5/h6,9,11H,7-8H2,1-5H3,(H,16,20)(H,18,19). The molecule has 0 spiro atoms. The number of nitrogens with one attached hydrogen (secondary N) is 1. The molecule has 21 heavy (non-hydrogen) atoms. The van der Waals surface area contributed by atoms with E-state index in [9.17, 15) is 9.59 Å². The van der Waals surface area contributed by atoms with Gasteiger partial charge < -0.3 is 19.7 Å². The molecule has 0 saturated heterocycles. The van der Waals surface area contributed by atoms with Gasteiger partial charge in [-0.3, -0.25) is 4.79 Å². The quantitative estimate of drug-likeness (QED) is 0.845. The molecule has 1 heterocycles. The van der Waals surface area contributed by atoms with Gasteiger partial charge >= 0.3 is 12.0 Å². The highest BCUT2D eigenvalue weighted by Gasteiger charge is 2.21. The molecule has 0 aliphatic rings. The highest BCUT2D eigenvalue weighted by atomic mass is 16.4. The third-order valence-corrected chi connectivity index (χ3v) is 3.08. The van der Waals surface area contributed by atoms with Crippen molar-refractivity contribution in [1.82, 2.24) is 10.2 Å². The van der Waals surface area contributed by atoms with Crippen LogP contribution in [0.4, 0.5) is 4.79 Å². The van der Waals surface area contributed by atoms with Gasteiger partial charge in [0.05, 0.1) is 6.04 Å². The number of nitrogens with zero attached hydrogens (tertiary/aromatic N) is 1. The molecule has 2 amide bonds. The topological polar surface area (TPSA) is 82.8 Å². The Hall–Kier alpha value is -1.98. The number of hydrogen-bond donors (Lipinski definition) is 2. The minimum Gasteiger partial charge on any atom is -0.480 e. The van der Waals surface area contributed by atoms with Crippen LogP contribution in [0.25, 0.3) is 0 Å². The molecule has 118 valence electrons. The molecule has 0 aliphatic carbocycles. The molecule has 0 bridgehead atoms. The summed E-state index contributed by atoms with van der Waals surface area (Å²) in [6, 6.07) is 1.26. The smallest absolute Gasteiger partial charge is 0.323 e. The minimum atomic E-state index is -1.02. The van der Waals surface area contributed by atoms with Crippen molar-refractivity contribution in [2.75, 3.05) is 13.1 Å². The Balaban J connectivity index is 2.75. The summed E-state index contributed by atoms with van der Waals surface area (Å²) in [5.41, 5.74) is 0.903. The average Bonchev–Trinajstić information content (AvgIpc) is 2.66. The SMILES string of the molecule is Cc1cc(C(C)NC(=O)N(CC(=O)O)CC(C)C)c(C)o1. The zero-order chi connectivity index (χ0) is 16.2. The Labute approximate surface area is 125 Å². The van der Waals surface area contributed by atoms with Crippen molar-refractivity contribution < 1.29 is 19.1 Å². The van der Waals surface area contributed by atoms with Crippen molar-refractivity contribution >= 4 is 12.0 Å². The van der Waals surface area contributed by atoms with Crippen LogP contribution in [0.15, 0.2) is 10.5 Å². The monoisotopic (exact) mass is 296 g/mol. The van der Waals surface area contributed by atoms with E-state index in [1.807, 2.05) is 40.7 Å². The second-order valence-electron chi connectivity index (χ2n) is 5.71. The Bertz CT molecular complexity index is 508. The molecule has 0 aliphatic heterocycles. The van der Waals surface area contributed by atoms with Gasteiger partial charge in [-0.05, 0) is 32.8 Å². The molecule has 0 saturated carbocycles. The van der Waals surface area contributed by atoms with Gasteiger partial charge in [-0.2, -0.15) is 0 Å². The highest BCUT2D eigenvalue weighted by molar-refractivity contribution is 5.80. The fourth-order valence-corrected chi connectivity index (χ4v) is 2.26. The number of carbonyl (C=O) groups excluding carboxylic acids is 1. The van der Waals surface area contributed by atoms with Crippen LogP contribution >= 0.6 is 0 Å². The van der Waals surface area contributed by atoms with E-state index in [0.29, 0.717) is 6.54 Å². The molecule has 6 heteroatoms. The number of hydrogen-bond acceptors (Lipinski definition) is 3. The second-order valence-corrected chi connectivity index (χ2v) is 5.71. The van der Waals surface area contributed by atoms with Crippen LogP contribution in [-0.2, 0) is 4.79 Å². The first kappa shape index (κ1) is 17.1. The van der Waals surface area contributed by atoms with Gasteiger partial charge in [0, 0.05) is 12.1 Å². The van der Waals surface area contributed by atoms with Crippen LogP contribution in [0.2, 0.25) is 0 Å². The fourth-order valence-electron chi connectivity index (χ4n) is 2.26. The number of aryl methyl sites for hydroxylation is 2. The predicted octanol–water partition coefficient (Wildman–Crippen LogP) is 2.71. The number of rotatable bonds is 6. The number of aliphatic carboxylic acids is 1. The number of carboxylic acids is 1. The summed E-state index contributed by atoms with van der Waals surface area (Å²) in [6.45, 7) is 9.51. The summed E-state index contributed by atoms with van der Waals surface area (Å²) in [7, 11) is 0. The summed E-state index contributed by atoms with van der Waals surface area (Å²) in [5, 5.41) is 11.7. The summed E-state index contributed by atoms with van der Waals surface area (Å²) < 4.78 is 5.45. The normalized spacial score (nSPS) is 12.3. The van der Waals surface area contributed by atoms with Gasteiger partial charge in [-0.1, -0.05) is 13.8 Å². The van der Waals surface area contributed by atoms with Gasteiger partial charge in [0.2, 0.25) is 0 Å². The van der Waals surface area contributed by atoms with Gasteiger partial charge in [0.15, 0.2) is 0 Å². The molecule has 1 aromatic heterocycles. The van der Waals surface area contributed by atoms with Gasteiger partial charge in [-0.25, -0.2) is 4.79 Å². The molecule has 1 unspecified atom stereocenters. The lowest BCUT2D eigenvalue weighted by molar-refractivity contribution is -0.137. The van der Waals surface area contributed by atoms with Gasteiger partial charge in [-0.15, -0.1) is 0 Å². The third kappa shape index (κ3) is 5.13. The molecule has 0 fully saturated rings. The molecule has 1 aromatic rings. The van der Waals surface area contributed by atoms with E-state index in [2.05, 4.69) is 5.32 Å². The maximum Gasteiger partial charge on any atom is 0.323 e. The first-order chi connectivity index (χ1) is 9.70. The molecular formula is C15H24N2O4. The Morgan fingerprint density at radius 1 is 1.33 bits per heavy atom. The van der Waals surface area contributed by atoms with E-state index in [4.69, 9.17) is 9.52 Å². The Morgan fingerprint density at radius 3 is 2.38 bits per heavy atom. The summed E-state index contributed by atoms with van der Waals surface area (Å²) in [4.78, 5) is 24.4. The van der Waals surface area contributed by atoms with Crippen molar-refractivity contribution in [3.05, 3.63) is 23.2 Å². The van der Waals surface area contributed by atoms with Crippen LogP contribution < -0.4 is 5.32 Å². The molecular weight excluding hydrogens is 272 g/mol. The summed E-state index contributed by atoms with van der Waals surface area (Å²) in [5.74, 6) is 0.721. The molecule has 0 radical (unpaired) electrons. The number of carbonyl (C=O) groups is 2. The third-order valence-electron chi connectivity index (χ3n) is 3.08. The number of urea groups is 1. The van der Waals surface area contributed by atoms with E-state index in [-0.39, 0.29) is 24.5 Å². The van der Waals surface area contributed by atoms with E-state index < -0.39 is 5.97 Å². The van der Waals surface area contributed by atoms with E-state index in [1.54, 1.807) is 0 Å². The van der Waals surface area contributed by atoms with Crippen LogP contribution in [0.3, 0.4) is 0 Å². The first-order valence-corrected chi connectivity index (χ1v) is 7.04. The highest BCUT2D eigenvalue weighted by Crippen LogP contribution is 2.21. The van der Waals surface area contributed by atoms with Crippen molar-refractivity contribution in [3.63, 3.8) is 0 Å².